The number of nitrogens with one attached hydrogen (secondary N) is 2. The molecule has 0 unspecified atom stereocenters. The molecule has 222 valence electrons. The first-order valence-corrected chi connectivity index (χ1v) is 12.5. The van der Waals surface area contributed by atoms with Gasteiger partial charge >= 0.3 is 0 Å². The number of anilines is 2. The Bertz CT molecular complexity index is 1700. The van der Waals surface area contributed by atoms with E-state index in [0.29, 0.717) is 22.5 Å². The van der Waals surface area contributed by atoms with E-state index in [1.54, 1.807) is 50.2 Å². The number of hydrogen-bond acceptors (Lipinski definition) is 10. The van der Waals surface area contributed by atoms with Crippen LogP contribution in [0.2, 0.25) is 0 Å². The molecule has 16 nitrogen and oxygen atoms in total. The zero-order valence-corrected chi connectivity index (χ0v) is 22.8. The lowest BCUT2D eigenvalue weighted by atomic mass is 9.99. The minimum atomic E-state index is -0.831. The Morgan fingerprint density at radius 3 is 1.05 bits per heavy atom. The monoisotopic (exact) mass is 600 g/mol. The summed E-state index contributed by atoms with van der Waals surface area (Å²) in [5.41, 5.74) is 0.467. The molecule has 16 heteroatoms. The predicted molar refractivity (Wildman–Crippen MR) is 157 cm³/mol. The van der Waals surface area contributed by atoms with E-state index in [0.717, 1.165) is 47.5 Å². The molecular formula is C28H20N6O10. The fourth-order valence-corrected chi connectivity index (χ4v) is 4.23. The summed E-state index contributed by atoms with van der Waals surface area (Å²) in [7, 11) is 0. The first-order valence-electron chi connectivity index (χ1n) is 12.5. The second-order valence-corrected chi connectivity index (χ2v) is 9.47. The predicted octanol–water partition coefficient (Wildman–Crippen LogP) is 6.11. The van der Waals surface area contributed by atoms with E-state index in [1.807, 2.05) is 0 Å². The van der Waals surface area contributed by atoms with E-state index < -0.39 is 54.3 Å². The molecule has 0 spiro atoms. The molecule has 0 bridgehead atoms. The largest absolute Gasteiger partial charge is 0.322 e. The van der Waals surface area contributed by atoms with Crippen LogP contribution >= 0.6 is 0 Å². The van der Waals surface area contributed by atoms with Crippen molar-refractivity contribution in [3.8, 4) is 11.1 Å². The Balaban J connectivity index is 1.53. The minimum absolute atomic E-state index is 0.262. The van der Waals surface area contributed by atoms with Crippen LogP contribution in [0, 0.1) is 54.3 Å². The van der Waals surface area contributed by atoms with E-state index in [9.17, 15) is 50.0 Å². The maximum atomic E-state index is 12.8. The van der Waals surface area contributed by atoms with Gasteiger partial charge in [-0.2, -0.15) is 0 Å². The number of carbonyl (C=O) groups excluding carboxylic acids is 2. The van der Waals surface area contributed by atoms with E-state index in [1.165, 1.54) is 0 Å². The summed E-state index contributed by atoms with van der Waals surface area (Å²) >= 11 is 0. The molecule has 0 aliphatic carbocycles. The normalized spacial score (nSPS) is 10.5. The van der Waals surface area contributed by atoms with Crippen molar-refractivity contribution in [1.82, 2.24) is 0 Å². The van der Waals surface area contributed by atoms with Gasteiger partial charge in [-0.3, -0.25) is 50.0 Å². The summed E-state index contributed by atoms with van der Waals surface area (Å²) in [6.45, 7) is 3.41. The van der Waals surface area contributed by atoms with Gasteiger partial charge in [-0.1, -0.05) is 12.1 Å². The molecule has 0 aliphatic rings. The maximum Gasteiger partial charge on any atom is 0.277 e. The van der Waals surface area contributed by atoms with Gasteiger partial charge in [0, 0.05) is 35.6 Å². The molecule has 0 saturated heterocycles. The van der Waals surface area contributed by atoms with Gasteiger partial charge in [0.2, 0.25) is 0 Å². The van der Waals surface area contributed by atoms with Crippen molar-refractivity contribution in [2.45, 2.75) is 13.8 Å². The van der Waals surface area contributed by atoms with Crippen LogP contribution in [0.4, 0.5) is 34.1 Å². The average molecular weight is 601 g/mol. The van der Waals surface area contributed by atoms with Gasteiger partial charge in [-0.25, -0.2) is 0 Å². The third-order valence-electron chi connectivity index (χ3n) is 6.46. The molecule has 4 aromatic carbocycles. The fourth-order valence-electron chi connectivity index (χ4n) is 4.23. The number of rotatable bonds is 9. The topological polar surface area (TPSA) is 231 Å². The molecule has 4 rings (SSSR count). The van der Waals surface area contributed by atoms with Crippen molar-refractivity contribution in [2.75, 3.05) is 10.6 Å². The number of nitro groups is 4. The summed E-state index contributed by atoms with van der Waals surface area (Å²) in [5.74, 6) is -1.56. The molecule has 0 heterocycles. The quantitative estimate of drug-likeness (QED) is 0.165. The second kappa shape index (κ2) is 12.1. The van der Waals surface area contributed by atoms with E-state index >= 15 is 0 Å². The standard InChI is InChI=1S/C28H20N6O10/c1-15-7-17(3-5-25(15)29-27(35)19-9-21(31(37)38)13-22(10-19)32(39)40)18-4-6-26(16(2)8-18)30-28(36)20-11-23(33(41)42)14-24(12-20)34(43)44/h3-14H,1-2H3,(H,29,35)(H,30,36). The summed E-state index contributed by atoms with van der Waals surface area (Å²) < 4.78 is 0. The highest BCUT2D eigenvalue weighted by molar-refractivity contribution is 6.06. The molecule has 4 aromatic rings. The van der Waals surface area contributed by atoms with Gasteiger partial charge in [0.15, 0.2) is 0 Å². The lowest BCUT2D eigenvalue weighted by Crippen LogP contribution is -2.14. The molecule has 0 atom stereocenters. The van der Waals surface area contributed by atoms with Crippen LogP contribution in [0.3, 0.4) is 0 Å². The van der Waals surface area contributed by atoms with Crippen molar-refractivity contribution >= 4 is 45.9 Å². The maximum absolute atomic E-state index is 12.8. The summed E-state index contributed by atoms with van der Waals surface area (Å²) in [4.78, 5) is 66.9. The minimum Gasteiger partial charge on any atom is -0.322 e. The molecule has 44 heavy (non-hydrogen) atoms. The summed E-state index contributed by atoms with van der Waals surface area (Å²) in [6, 6.07) is 15.3. The number of hydrogen-bond donors (Lipinski definition) is 2. The Kier molecular flexibility index (Phi) is 8.36. The summed E-state index contributed by atoms with van der Waals surface area (Å²) in [6.07, 6.45) is 0. The van der Waals surface area contributed by atoms with Crippen molar-refractivity contribution in [3.05, 3.63) is 136 Å². The number of benzene rings is 4. The number of nitro benzene ring substituents is 4. The number of non-ortho nitro benzene ring substituents is 4. The number of aryl methyl sites for hydroxylation is 2. The van der Waals surface area contributed by atoms with Crippen molar-refractivity contribution < 1.29 is 29.3 Å². The Hall–Kier alpha value is -6.58. The Morgan fingerprint density at radius 1 is 0.500 bits per heavy atom. The molecule has 2 amide bonds. The van der Waals surface area contributed by atoms with Gasteiger partial charge in [0.05, 0.1) is 43.0 Å². The lowest BCUT2D eigenvalue weighted by Gasteiger charge is -2.13. The SMILES string of the molecule is Cc1cc(-c2ccc(NC(=O)c3cc([N+](=O)[O-])cc([N+](=O)[O-])c3)c(C)c2)ccc1NC(=O)c1cc([N+](=O)[O-])cc([N+](=O)[O-])c1. The van der Waals surface area contributed by atoms with Gasteiger partial charge in [-0.05, 0) is 60.4 Å². The van der Waals surface area contributed by atoms with Gasteiger partial charge < -0.3 is 10.6 Å². The lowest BCUT2D eigenvalue weighted by molar-refractivity contribution is -0.394. The first kappa shape index (κ1) is 30.4. The third-order valence-corrected chi connectivity index (χ3v) is 6.46. The van der Waals surface area contributed by atoms with Crippen LogP contribution in [0.5, 0.6) is 0 Å². The van der Waals surface area contributed by atoms with E-state index in [4.69, 9.17) is 0 Å². The van der Waals surface area contributed by atoms with Crippen LogP contribution in [0.15, 0.2) is 72.8 Å². The van der Waals surface area contributed by atoms with E-state index in [2.05, 4.69) is 10.6 Å². The highest BCUT2D eigenvalue weighted by atomic mass is 16.6. The molecule has 0 aromatic heterocycles. The van der Waals surface area contributed by atoms with Crippen LogP contribution in [-0.4, -0.2) is 31.5 Å². The van der Waals surface area contributed by atoms with Crippen molar-refractivity contribution in [3.63, 3.8) is 0 Å². The van der Waals surface area contributed by atoms with Crippen LogP contribution in [0.25, 0.3) is 11.1 Å². The van der Waals surface area contributed by atoms with Crippen LogP contribution < -0.4 is 10.6 Å². The van der Waals surface area contributed by atoms with Gasteiger partial charge in [-0.15, -0.1) is 0 Å². The van der Waals surface area contributed by atoms with Crippen LogP contribution in [0.1, 0.15) is 31.8 Å². The molecule has 0 radical (unpaired) electrons. The zero-order valence-electron chi connectivity index (χ0n) is 22.8. The first-order chi connectivity index (χ1) is 20.7. The van der Waals surface area contributed by atoms with E-state index in [-0.39, 0.29) is 11.1 Å². The number of nitrogens with zero attached hydrogens (tertiary/aromatic N) is 4. The van der Waals surface area contributed by atoms with Crippen LogP contribution in [-0.2, 0) is 0 Å². The molecule has 2 N–H and O–H groups in total. The average Bonchev–Trinajstić information content (AvgIpc) is 2.98. The number of carbonyl (C=O) groups is 2. The molecule has 0 aliphatic heterocycles. The second-order valence-electron chi connectivity index (χ2n) is 9.47. The molecule has 0 saturated carbocycles. The van der Waals surface area contributed by atoms with Gasteiger partial charge in [0.25, 0.3) is 34.6 Å². The summed E-state index contributed by atoms with van der Waals surface area (Å²) in [5, 5.41) is 49.8. The fraction of sp³-hybridized carbons (Fsp3) is 0.0714. The van der Waals surface area contributed by atoms with Gasteiger partial charge in [0.1, 0.15) is 0 Å². The Morgan fingerprint density at radius 2 is 0.795 bits per heavy atom. The smallest absolute Gasteiger partial charge is 0.277 e. The molecular weight excluding hydrogens is 580 g/mol. The highest BCUT2D eigenvalue weighted by Crippen LogP contribution is 2.30. The zero-order chi connectivity index (χ0) is 32.3. The highest BCUT2D eigenvalue weighted by Gasteiger charge is 2.22. The third kappa shape index (κ3) is 6.65. The number of amides is 2. The Labute approximate surface area is 246 Å². The van der Waals surface area contributed by atoms with Crippen molar-refractivity contribution in [2.24, 2.45) is 0 Å². The molecule has 0 fully saturated rings. The van der Waals surface area contributed by atoms with Crippen molar-refractivity contribution in [1.29, 1.82) is 0 Å².